The molecule has 4 rings (SSSR count). The predicted octanol–water partition coefficient (Wildman–Crippen LogP) is 2.94. The van der Waals surface area contributed by atoms with Crippen molar-refractivity contribution in [3.8, 4) is 11.5 Å². The maximum atomic E-state index is 5.61. The van der Waals surface area contributed by atoms with Gasteiger partial charge in [0.05, 0.1) is 0 Å². The van der Waals surface area contributed by atoms with Crippen molar-refractivity contribution in [3.05, 3.63) is 23.8 Å². The molecule has 0 amide bonds. The first-order chi connectivity index (χ1) is 10.9. The molecule has 0 spiro atoms. The number of nitrogens with one attached hydrogen (secondary N) is 1. The lowest BCUT2D eigenvalue weighted by Crippen LogP contribution is -2.47. The van der Waals surface area contributed by atoms with Gasteiger partial charge in [-0.05, 0) is 36.5 Å². The van der Waals surface area contributed by atoms with E-state index in [4.69, 9.17) is 9.47 Å². The summed E-state index contributed by atoms with van der Waals surface area (Å²) in [5.41, 5.74) is 1.41. The summed E-state index contributed by atoms with van der Waals surface area (Å²) in [6.07, 6.45) is 6.91. The monoisotopic (exact) mass is 302 g/mol. The summed E-state index contributed by atoms with van der Waals surface area (Å²) in [6.45, 7) is 4.87. The lowest BCUT2D eigenvalue weighted by molar-refractivity contribution is 0.103. The number of benzene rings is 1. The number of nitrogens with zero attached hydrogens (tertiary/aromatic N) is 1. The van der Waals surface area contributed by atoms with Gasteiger partial charge < -0.3 is 14.8 Å². The zero-order valence-corrected chi connectivity index (χ0v) is 13.2. The summed E-state index contributed by atoms with van der Waals surface area (Å²) in [5, 5.41) is 3.48. The zero-order chi connectivity index (χ0) is 14.8. The summed E-state index contributed by atoms with van der Waals surface area (Å²) in [5.74, 6) is 2.60. The molecule has 2 fully saturated rings. The number of fused-ring (bicyclic) bond motifs is 1. The molecule has 2 aliphatic heterocycles. The van der Waals surface area contributed by atoms with E-state index in [1.54, 1.807) is 0 Å². The molecule has 3 aliphatic rings. The van der Waals surface area contributed by atoms with E-state index < -0.39 is 0 Å². The third-order valence-corrected chi connectivity index (χ3v) is 5.38. The third kappa shape index (κ3) is 2.82. The Kier molecular flexibility index (Phi) is 4.22. The van der Waals surface area contributed by atoms with Gasteiger partial charge in [0.1, 0.15) is 0 Å². The fourth-order valence-electron chi connectivity index (χ4n) is 4.29. The van der Waals surface area contributed by atoms with Gasteiger partial charge in [-0.3, -0.25) is 4.90 Å². The van der Waals surface area contributed by atoms with E-state index in [2.05, 4.69) is 28.4 Å². The molecule has 4 nitrogen and oxygen atoms in total. The van der Waals surface area contributed by atoms with Crippen LogP contribution < -0.4 is 14.8 Å². The Hall–Kier alpha value is -1.26. The lowest BCUT2D eigenvalue weighted by Gasteiger charge is -2.41. The average Bonchev–Trinajstić information content (AvgIpc) is 3.05. The van der Waals surface area contributed by atoms with Crippen LogP contribution in [-0.4, -0.2) is 37.9 Å². The maximum Gasteiger partial charge on any atom is 0.231 e. The number of ether oxygens (including phenoxy) is 2. The van der Waals surface area contributed by atoms with Crippen LogP contribution in [0.25, 0.3) is 0 Å². The lowest BCUT2D eigenvalue weighted by atomic mass is 9.80. The van der Waals surface area contributed by atoms with E-state index in [1.807, 2.05) is 0 Å². The first-order valence-corrected chi connectivity index (χ1v) is 8.76. The first kappa shape index (κ1) is 14.3. The molecular formula is C18H26N2O2. The Morgan fingerprint density at radius 1 is 1.00 bits per heavy atom. The molecule has 1 atom stereocenters. The van der Waals surface area contributed by atoms with Crippen LogP contribution in [0.4, 0.5) is 0 Å². The van der Waals surface area contributed by atoms with Gasteiger partial charge in [-0.25, -0.2) is 0 Å². The second-order valence-corrected chi connectivity index (χ2v) is 6.74. The molecule has 2 heterocycles. The molecule has 0 radical (unpaired) electrons. The van der Waals surface area contributed by atoms with Crippen LogP contribution in [0.1, 0.15) is 43.7 Å². The van der Waals surface area contributed by atoms with Crippen LogP contribution in [0.5, 0.6) is 11.5 Å². The van der Waals surface area contributed by atoms with Crippen LogP contribution in [0.3, 0.4) is 0 Å². The predicted molar refractivity (Wildman–Crippen MR) is 86.3 cm³/mol. The van der Waals surface area contributed by atoms with Crippen molar-refractivity contribution in [1.29, 1.82) is 0 Å². The van der Waals surface area contributed by atoms with Gasteiger partial charge in [0, 0.05) is 32.2 Å². The third-order valence-electron chi connectivity index (χ3n) is 5.38. The molecule has 1 saturated carbocycles. The van der Waals surface area contributed by atoms with Gasteiger partial charge in [0.2, 0.25) is 6.79 Å². The van der Waals surface area contributed by atoms with Crippen molar-refractivity contribution in [2.24, 2.45) is 5.92 Å². The van der Waals surface area contributed by atoms with Crippen LogP contribution >= 0.6 is 0 Å². The molecule has 0 bridgehead atoms. The van der Waals surface area contributed by atoms with E-state index in [0.29, 0.717) is 12.8 Å². The highest BCUT2D eigenvalue weighted by Gasteiger charge is 2.31. The van der Waals surface area contributed by atoms with Gasteiger partial charge in [-0.2, -0.15) is 0 Å². The van der Waals surface area contributed by atoms with Crippen molar-refractivity contribution in [2.75, 3.05) is 33.0 Å². The van der Waals surface area contributed by atoms with Gasteiger partial charge in [-0.1, -0.05) is 25.3 Å². The number of hydrogen-bond donors (Lipinski definition) is 1. The Morgan fingerprint density at radius 3 is 2.59 bits per heavy atom. The van der Waals surface area contributed by atoms with Crippen molar-refractivity contribution in [2.45, 2.75) is 38.1 Å². The van der Waals surface area contributed by atoms with E-state index >= 15 is 0 Å². The summed E-state index contributed by atoms with van der Waals surface area (Å²) in [7, 11) is 0. The fourth-order valence-corrected chi connectivity index (χ4v) is 4.29. The molecule has 1 N–H and O–H groups in total. The molecule has 1 saturated heterocycles. The molecule has 22 heavy (non-hydrogen) atoms. The fraction of sp³-hybridized carbons (Fsp3) is 0.667. The maximum absolute atomic E-state index is 5.61. The largest absolute Gasteiger partial charge is 0.454 e. The number of piperazine rings is 1. The van der Waals surface area contributed by atoms with Gasteiger partial charge >= 0.3 is 0 Å². The van der Waals surface area contributed by atoms with E-state index in [1.165, 1.54) is 37.7 Å². The molecular weight excluding hydrogens is 276 g/mol. The number of rotatable bonds is 3. The zero-order valence-electron chi connectivity index (χ0n) is 13.2. The highest BCUT2D eigenvalue weighted by molar-refractivity contribution is 5.45. The Morgan fingerprint density at radius 2 is 1.77 bits per heavy atom. The molecule has 4 heteroatoms. The Bertz CT molecular complexity index is 490. The van der Waals surface area contributed by atoms with Crippen molar-refractivity contribution in [1.82, 2.24) is 10.2 Å². The van der Waals surface area contributed by atoms with E-state index in [0.717, 1.165) is 43.6 Å². The topological polar surface area (TPSA) is 33.7 Å². The van der Waals surface area contributed by atoms with Crippen LogP contribution in [0, 0.1) is 5.92 Å². The molecule has 1 aromatic rings. The van der Waals surface area contributed by atoms with Gasteiger partial charge in [0.15, 0.2) is 11.5 Å². The van der Waals surface area contributed by atoms with E-state index in [-0.39, 0.29) is 0 Å². The molecule has 1 aromatic carbocycles. The minimum atomic E-state index is 0.362. The van der Waals surface area contributed by atoms with Crippen LogP contribution in [0.15, 0.2) is 18.2 Å². The minimum absolute atomic E-state index is 0.362. The second-order valence-electron chi connectivity index (χ2n) is 6.74. The molecule has 120 valence electrons. The summed E-state index contributed by atoms with van der Waals surface area (Å²) < 4.78 is 11.1. The number of hydrogen-bond acceptors (Lipinski definition) is 4. The van der Waals surface area contributed by atoms with Crippen LogP contribution in [-0.2, 0) is 0 Å². The van der Waals surface area contributed by atoms with Crippen molar-refractivity contribution < 1.29 is 9.47 Å². The summed E-state index contributed by atoms with van der Waals surface area (Å²) in [4.78, 5) is 2.68. The van der Waals surface area contributed by atoms with Crippen LogP contribution in [0.2, 0.25) is 0 Å². The normalized spacial score (nSPS) is 24.4. The Labute approximate surface area is 132 Å². The highest BCUT2D eigenvalue weighted by atomic mass is 16.7. The van der Waals surface area contributed by atoms with Crippen molar-refractivity contribution >= 4 is 0 Å². The second kappa shape index (κ2) is 6.47. The SMILES string of the molecule is c1cc2c(cc1[C@@H](C1CCCCC1)N1CCNCC1)OCO2. The summed E-state index contributed by atoms with van der Waals surface area (Å²) in [6, 6.07) is 7.12. The standard InChI is InChI=1S/C18H26N2O2/c1-2-4-14(5-3-1)18(20-10-8-19-9-11-20)15-6-7-16-17(12-15)22-13-21-16/h6-7,12,14,18-19H,1-5,8-11,13H2/t18-/m1/s1. The van der Waals surface area contributed by atoms with Crippen molar-refractivity contribution in [3.63, 3.8) is 0 Å². The van der Waals surface area contributed by atoms with E-state index in [9.17, 15) is 0 Å². The average molecular weight is 302 g/mol. The van der Waals surface area contributed by atoms with Gasteiger partial charge in [0.25, 0.3) is 0 Å². The smallest absolute Gasteiger partial charge is 0.231 e. The Balaban J connectivity index is 1.63. The molecule has 0 unspecified atom stereocenters. The summed E-state index contributed by atoms with van der Waals surface area (Å²) >= 11 is 0. The first-order valence-electron chi connectivity index (χ1n) is 8.76. The van der Waals surface area contributed by atoms with Gasteiger partial charge in [-0.15, -0.1) is 0 Å². The molecule has 1 aliphatic carbocycles. The highest BCUT2D eigenvalue weighted by Crippen LogP contribution is 2.42. The molecule has 0 aromatic heterocycles. The quantitative estimate of drug-likeness (QED) is 0.931. The minimum Gasteiger partial charge on any atom is -0.454 e.